The molecule has 1 fully saturated rings. The molecular weight excluding hydrogens is 152 g/mol. The molecular formula is C8H20Si2. The van der Waals surface area contributed by atoms with E-state index < -0.39 is 0 Å². The Hall–Kier alpha value is 0.434. The van der Waals surface area contributed by atoms with Gasteiger partial charge in [-0.3, -0.25) is 0 Å². The van der Waals surface area contributed by atoms with Gasteiger partial charge in [0.25, 0.3) is 0 Å². The van der Waals surface area contributed by atoms with E-state index in [4.69, 9.17) is 0 Å². The molecule has 1 rings (SSSR count). The molecule has 1 atom stereocenters. The first-order valence-electron chi connectivity index (χ1n) is 4.84. The first kappa shape index (κ1) is 8.53. The largest absolute Gasteiger partial charge is 0.0682 e. The smallest absolute Gasteiger partial charge is 0.0232 e. The molecule has 0 N–H and O–H groups in total. The van der Waals surface area contributed by atoms with Gasteiger partial charge in [0.15, 0.2) is 0 Å². The molecule has 0 bridgehead atoms. The zero-order valence-corrected chi connectivity index (χ0v) is 10.6. The van der Waals surface area contributed by atoms with Crippen LogP contribution in [0.1, 0.15) is 39.0 Å². The molecule has 0 spiro atoms. The van der Waals surface area contributed by atoms with Gasteiger partial charge < -0.3 is 0 Å². The normalized spacial score (nSPS) is 24.9. The summed E-state index contributed by atoms with van der Waals surface area (Å²) in [5, 5.41) is 0. The topological polar surface area (TPSA) is 0 Å². The van der Waals surface area contributed by atoms with Crippen molar-refractivity contribution in [3.63, 3.8) is 0 Å². The van der Waals surface area contributed by atoms with Gasteiger partial charge in [0.05, 0.1) is 0 Å². The summed E-state index contributed by atoms with van der Waals surface area (Å²) in [4.78, 5) is 0. The fraction of sp³-hybridized carbons (Fsp3) is 1.00. The highest BCUT2D eigenvalue weighted by molar-refractivity contribution is 7.04. The highest BCUT2D eigenvalue weighted by Gasteiger charge is 2.18. The maximum atomic E-state index is 2.42. The van der Waals surface area contributed by atoms with E-state index in [1.54, 1.807) is 41.5 Å². The fourth-order valence-corrected chi connectivity index (χ4v) is 6.31. The van der Waals surface area contributed by atoms with Crippen LogP contribution in [0, 0.1) is 0 Å². The summed E-state index contributed by atoms with van der Waals surface area (Å²) in [6.07, 6.45) is 7.85. The van der Waals surface area contributed by atoms with Gasteiger partial charge >= 0.3 is 0 Å². The minimum absolute atomic E-state index is 0.124. The summed E-state index contributed by atoms with van der Waals surface area (Å²) in [6.45, 7) is 2.42. The molecule has 1 saturated carbocycles. The predicted octanol–water partition coefficient (Wildman–Crippen LogP) is 1.43. The maximum absolute atomic E-state index is 2.42. The van der Waals surface area contributed by atoms with Gasteiger partial charge in [-0.25, -0.2) is 0 Å². The average Bonchev–Trinajstić information content (AvgIpc) is 2.05. The van der Waals surface area contributed by atoms with Crippen molar-refractivity contribution in [2.75, 3.05) is 0 Å². The Bertz CT molecular complexity index is 87.3. The number of hydrogen-bond donors (Lipinski definition) is 0. The molecule has 10 heavy (non-hydrogen) atoms. The molecule has 0 amide bonds. The minimum atomic E-state index is -0.124. The lowest BCUT2D eigenvalue weighted by atomic mass is 10.0. The van der Waals surface area contributed by atoms with Crippen LogP contribution in [0.2, 0.25) is 11.6 Å². The van der Waals surface area contributed by atoms with Crippen LogP contribution in [0.3, 0.4) is 0 Å². The van der Waals surface area contributed by atoms with E-state index in [1.807, 2.05) is 0 Å². The van der Waals surface area contributed by atoms with E-state index in [0.29, 0.717) is 0 Å². The van der Waals surface area contributed by atoms with Crippen LogP contribution >= 0.6 is 0 Å². The Balaban J connectivity index is 2.24. The lowest BCUT2D eigenvalue weighted by Crippen LogP contribution is -2.22. The Kier molecular flexibility index (Phi) is 3.70. The predicted molar refractivity (Wildman–Crippen MR) is 54.4 cm³/mol. The van der Waals surface area contributed by atoms with Crippen LogP contribution in [-0.2, 0) is 0 Å². The molecule has 0 heterocycles. The van der Waals surface area contributed by atoms with Gasteiger partial charge in [-0.1, -0.05) is 50.6 Å². The molecule has 0 aromatic heterocycles. The molecule has 0 aromatic carbocycles. The van der Waals surface area contributed by atoms with Gasteiger partial charge in [-0.05, 0) is 9.76 Å². The summed E-state index contributed by atoms with van der Waals surface area (Å²) in [6, 6.07) is 1.58. The molecule has 60 valence electrons. The summed E-state index contributed by atoms with van der Waals surface area (Å²) in [5.41, 5.74) is 1.27. The van der Waals surface area contributed by atoms with Crippen LogP contribution in [0.5, 0.6) is 0 Å². The molecule has 0 saturated heterocycles. The zero-order chi connectivity index (χ0) is 7.40. The first-order valence-corrected chi connectivity index (χ1v) is 10.9. The second kappa shape index (κ2) is 4.34. The van der Waals surface area contributed by atoms with Gasteiger partial charge in [0.2, 0.25) is 0 Å². The van der Waals surface area contributed by atoms with Crippen molar-refractivity contribution >= 4 is 18.1 Å². The van der Waals surface area contributed by atoms with Crippen LogP contribution < -0.4 is 0 Å². The van der Waals surface area contributed by atoms with Gasteiger partial charge in [-0.15, -0.1) is 0 Å². The number of hydrogen-bond acceptors (Lipinski definition) is 0. The van der Waals surface area contributed by atoms with E-state index >= 15 is 0 Å². The summed E-state index contributed by atoms with van der Waals surface area (Å²) >= 11 is 0. The zero-order valence-electron chi connectivity index (χ0n) is 7.40. The van der Waals surface area contributed by atoms with E-state index in [1.165, 1.54) is 12.0 Å². The molecule has 0 nitrogen and oxygen atoms in total. The van der Waals surface area contributed by atoms with E-state index in [2.05, 4.69) is 6.92 Å². The van der Waals surface area contributed by atoms with Crippen molar-refractivity contribution in [2.45, 2.75) is 50.6 Å². The molecule has 0 radical (unpaired) electrons. The quantitative estimate of drug-likeness (QED) is 0.553. The van der Waals surface area contributed by atoms with Gasteiger partial charge in [-0.2, -0.15) is 0 Å². The Morgan fingerprint density at radius 2 is 1.90 bits per heavy atom. The standard InChI is InChI=1S/C8H20Si2/c1-2-10(9)8-6-4-3-5-7-8/h8,10H,2-7H2,1,9H3. The molecule has 1 aliphatic carbocycles. The minimum Gasteiger partial charge on any atom is -0.0682 e. The van der Waals surface area contributed by atoms with E-state index in [-0.39, 0.29) is 8.31 Å². The second-order valence-corrected chi connectivity index (χ2v) is 11.9. The van der Waals surface area contributed by atoms with Crippen molar-refractivity contribution in [3.05, 3.63) is 0 Å². The molecule has 1 unspecified atom stereocenters. The molecule has 2 heteroatoms. The summed E-state index contributed by atoms with van der Waals surface area (Å²) in [5.74, 6) is 0. The third kappa shape index (κ3) is 2.24. The SMILES string of the molecule is CC[SiH]([SiH3])C1CCCCC1. The van der Waals surface area contributed by atoms with Crippen LogP contribution in [0.25, 0.3) is 0 Å². The van der Waals surface area contributed by atoms with Crippen molar-refractivity contribution in [1.82, 2.24) is 0 Å². The van der Waals surface area contributed by atoms with Crippen molar-refractivity contribution in [3.8, 4) is 0 Å². The Labute approximate surface area is 69.2 Å². The van der Waals surface area contributed by atoms with Gasteiger partial charge in [0, 0.05) is 8.31 Å². The van der Waals surface area contributed by atoms with Gasteiger partial charge in [0.1, 0.15) is 0 Å². The third-order valence-corrected chi connectivity index (χ3v) is 11.9. The molecule has 0 aliphatic heterocycles. The number of rotatable bonds is 2. The lowest BCUT2D eigenvalue weighted by molar-refractivity contribution is 0.498. The maximum Gasteiger partial charge on any atom is 0.0232 e. The third-order valence-electron chi connectivity index (χ3n) is 3.10. The molecule has 1 aliphatic rings. The second-order valence-electron chi connectivity index (χ2n) is 3.78. The van der Waals surface area contributed by atoms with Crippen LogP contribution in [0.15, 0.2) is 0 Å². The van der Waals surface area contributed by atoms with Crippen LogP contribution in [0.4, 0.5) is 0 Å². The average molecular weight is 172 g/mol. The Morgan fingerprint density at radius 3 is 2.40 bits per heavy atom. The van der Waals surface area contributed by atoms with E-state index in [0.717, 1.165) is 0 Å². The van der Waals surface area contributed by atoms with Crippen molar-refractivity contribution < 1.29 is 0 Å². The fourth-order valence-electron chi connectivity index (χ4n) is 2.04. The lowest BCUT2D eigenvalue weighted by Gasteiger charge is -2.25. The first-order chi connectivity index (χ1) is 4.84. The molecule has 0 aromatic rings. The summed E-state index contributed by atoms with van der Waals surface area (Å²) in [7, 11) is 1.45. The summed E-state index contributed by atoms with van der Waals surface area (Å²) < 4.78 is 0. The highest BCUT2D eigenvalue weighted by atomic mass is 29.1. The van der Waals surface area contributed by atoms with Crippen molar-refractivity contribution in [2.24, 2.45) is 0 Å². The highest BCUT2D eigenvalue weighted by Crippen LogP contribution is 2.30. The Morgan fingerprint density at radius 1 is 1.30 bits per heavy atom. The van der Waals surface area contributed by atoms with E-state index in [9.17, 15) is 0 Å². The van der Waals surface area contributed by atoms with Crippen LogP contribution in [-0.4, -0.2) is 18.1 Å². The monoisotopic (exact) mass is 172 g/mol. The van der Waals surface area contributed by atoms with Crippen molar-refractivity contribution in [1.29, 1.82) is 0 Å².